The van der Waals surface area contributed by atoms with Gasteiger partial charge in [0, 0.05) is 0 Å². The lowest BCUT2D eigenvalue weighted by Gasteiger charge is -2.44. The maximum Gasteiger partial charge on any atom is 0.200 e. The number of carbonyl (C=O) groups excluding carboxylic acids is 1. The number of aliphatic hydroxyl groups is 9. The van der Waals surface area contributed by atoms with Gasteiger partial charge in [0.15, 0.2) is 5.60 Å². The molecule has 0 aromatic heterocycles. The minimum Gasteiger partial charge on any atom is -0.394 e. The van der Waals surface area contributed by atoms with Gasteiger partial charge in [-0.25, -0.2) is 0 Å². The maximum absolute atomic E-state index is 12.3. The maximum atomic E-state index is 12.3. The lowest BCUT2D eigenvalue weighted by atomic mass is 9.80. The van der Waals surface area contributed by atoms with E-state index in [9.17, 15) is 45.6 Å². The Hall–Kier alpha value is -0.730. The molecule has 0 amide bonds. The summed E-state index contributed by atoms with van der Waals surface area (Å²) in [5.74, 6) is -1.48. The standard InChI is InChI=1S/C12H22O11/c13-1-4(15)6(17)8(19)9(20)11(22)12(3-14)10(21)7(18)5(16)2-23-12/h4-10,13-21H,1-3H2/t4?,5-,6?,7-,8?,9?,10+,12?/m1/s1. The third-order valence-corrected chi connectivity index (χ3v) is 3.88. The molecule has 1 heterocycles. The molecule has 5 unspecified atom stereocenters. The van der Waals surface area contributed by atoms with Crippen LogP contribution in [0.4, 0.5) is 0 Å². The third kappa shape index (κ3) is 3.69. The highest BCUT2D eigenvalue weighted by atomic mass is 16.6. The fraction of sp³-hybridized carbons (Fsp3) is 0.917. The Bertz CT molecular complexity index is 404. The number of ketones is 1. The zero-order valence-corrected chi connectivity index (χ0v) is 12.0. The first-order valence-electron chi connectivity index (χ1n) is 6.80. The molecular formula is C12H22O11. The highest BCUT2D eigenvalue weighted by molar-refractivity contribution is 5.92. The van der Waals surface area contributed by atoms with Gasteiger partial charge in [-0.1, -0.05) is 0 Å². The molecule has 1 aliphatic heterocycles. The fourth-order valence-electron chi connectivity index (χ4n) is 2.27. The molecule has 0 aromatic carbocycles. The first-order chi connectivity index (χ1) is 10.6. The summed E-state index contributed by atoms with van der Waals surface area (Å²) in [5, 5.41) is 85.1. The van der Waals surface area contributed by atoms with E-state index in [-0.39, 0.29) is 0 Å². The average Bonchev–Trinajstić information content (AvgIpc) is 2.57. The van der Waals surface area contributed by atoms with Gasteiger partial charge in [0.05, 0.1) is 19.8 Å². The van der Waals surface area contributed by atoms with Crippen molar-refractivity contribution in [3.8, 4) is 0 Å². The molecule has 11 nitrogen and oxygen atoms in total. The van der Waals surface area contributed by atoms with Crippen molar-refractivity contribution in [3.05, 3.63) is 0 Å². The molecule has 0 aromatic rings. The third-order valence-electron chi connectivity index (χ3n) is 3.88. The number of aliphatic hydroxyl groups excluding tert-OH is 9. The van der Waals surface area contributed by atoms with Gasteiger partial charge in [0.1, 0.15) is 42.7 Å². The van der Waals surface area contributed by atoms with E-state index in [4.69, 9.17) is 9.84 Å². The lowest BCUT2D eigenvalue weighted by Crippen LogP contribution is -2.69. The van der Waals surface area contributed by atoms with E-state index in [2.05, 4.69) is 0 Å². The van der Waals surface area contributed by atoms with Crippen LogP contribution in [0.15, 0.2) is 0 Å². The SMILES string of the molecule is O=C(C(O)C(O)C(O)C(O)CO)C1(CO)OC[C@@H](O)[C@@H](O)[C@@H]1O. The van der Waals surface area contributed by atoms with Crippen molar-refractivity contribution in [2.75, 3.05) is 19.8 Å². The van der Waals surface area contributed by atoms with Gasteiger partial charge < -0.3 is 50.7 Å². The quantitative estimate of drug-likeness (QED) is 0.212. The molecule has 23 heavy (non-hydrogen) atoms. The predicted octanol–water partition coefficient (Wildman–Crippen LogP) is -6.16. The Morgan fingerprint density at radius 1 is 1.09 bits per heavy atom. The summed E-state index contributed by atoms with van der Waals surface area (Å²) in [4.78, 5) is 12.3. The summed E-state index contributed by atoms with van der Waals surface area (Å²) >= 11 is 0. The number of ether oxygens (including phenoxy) is 1. The van der Waals surface area contributed by atoms with Crippen LogP contribution in [0.25, 0.3) is 0 Å². The number of carbonyl (C=O) groups is 1. The molecular weight excluding hydrogens is 320 g/mol. The molecule has 1 saturated heterocycles. The first kappa shape index (κ1) is 20.3. The smallest absolute Gasteiger partial charge is 0.200 e. The Labute approximate surface area is 130 Å². The summed E-state index contributed by atoms with van der Waals surface area (Å²) in [6.07, 6.45) is -14.2. The topological polar surface area (TPSA) is 208 Å². The molecule has 8 atom stereocenters. The van der Waals surface area contributed by atoms with Crippen LogP contribution in [0.3, 0.4) is 0 Å². The van der Waals surface area contributed by atoms with Crippen LogP contribution in [-0.2, 0) is 9.53 Å². The van der Waals surface area contributed by atoms with E-state index >= 15 is 0 Å². The fourth-order valence-corrected chi connectivity index (χ4v) is 2.27. The zero-order valence-electron chi connectivity index (χ0n) is 12.0. The monoisotopic (exact) mass is 342 g/mol. The Morgan fingerprint density at radius 3 is 2.13 bits per heavy atom. The van der Waals surface area contributed by atoms with Gasteiger partial charge >= 0.3 is 0 Å². The van der Waals surface area contributed by atoms with Crippen molar-refractivity contribution in [2.24, 2.45) is 0 Å². The summed E-state index contributed by atoms with van der Waals surface area (Å²) < 4.78 is 4.89. The van der Waals surface area contributed by atoms with Crippen molar-refractivity contribution < 1.29 is 55.5 Å². The van der Waals surface area contributed by atoms with Crippen molar-refractivity contribution >= 4 is 5.78 Å². The van der Waals surface area contributed by atoms with Crippen molar-refractivity contribution in [2.45, 2.75) is 48.3 Å². The van der Waals surface area contributed by atoms with E-state index in [0.29, 0.717) is 0 Å². The van der Waals surface area contributed by atoms with Gasteiger partial charge in [0.2, 0.25) is 5.78 Å². The number of hydrogen-bond donors (Lipinski definition) is 9. The second-order valence-electron chi connectivity index (χ2n) is 5.40. The van der Waals surface area contributed by atoms with Crippen LogP contribution >= 0.6 is 0 Å². The van der Waals surface area contributed by atoms with Crippen LogP contribution < -0.4 is 0 Å². The van der Waals surface area contributed by atoms with Crippen molar-refractivity contribution in [3.63, 3.8) is 0 Å². The van der Waals surface area contributed by atoms with Crippen LogP contribution in [0.2, 0.25) is 0 Å². The van der Waals surface area contributed by atoms with Crippen molar-refractivity contribution in [1.29, 1.82) is 0 Å². The molecule has 11 heteroatoms. The van der Waals surface area contributed by atoms with E-state index in [1.54, 1.807) is 0 Å². The van der Waals surface area contributed by atoms with Crippen molar-refractivity contribution in [1.82, 2.24) is 0 Å². The summed E-state index contributed by atoms with van der Waals surface area (Å²) in [5.41, 5.74) is -2.54. The zero-order chi connectivity index (χ0) is 17.9. The summed E-state index contributed by atoms with van der Waals surface area (Å²) in [6.45, 7) is -2.80. The highest BCUT2D eigenvalue weighted by Gasteiger charge is 2.57. The lowest BCUT2D eigenvalue weighted by molar-refractivity contribution is -0.246. The summed E-state index contributed by atoms with van der Waals surface area (Å²) in [7, 11) is 0. The Morgan fingerprint density at radius 2 is 1.65 bits per heavy atom. The van der Waals surface area contributed by atoms with E-state index in [1.165, 1.54) is 0 Å². The van der Waals surface area contributed by atoms with Gasteiger partial charge in [-0.3, -0.25) is 4.79 Å². The number of hydrogen-bond acceptors (Lipinski definition) is 11. The molecule has 0 radical (unpaired) electrons. The molecule has 9 N–H and O–H groups in total. The highest BCUT2D eigenvalue weighted by Crippen LogP contribution is 2.29. The molecule has 0 bridgehead atoms. The van der Waals surface area contributed by atoms with Gasteiger partial charge in [0.25, 0.3) is 0 Å². The summed E-state index contributed by atoms with van der Waals surface area (Å²) in [6, 6.07) is 0. The minimum atomic E-state index is -2.54. The van der Waals surface area contributed by atoms with E-state index in [0.717, 1.165) is 0 Å². The average molecular weight is 342 g/mol. The second-order valence-corrected chi connectivity index (χ2v) is 5.40. The molecule has 0 saturated carbocycles. The van der Waals surface area contributed by atoms with E-state index < -0.39 is 73.9 Å². The Balaban J connectivity index is 2.99. The number of rotatable bonds is 7. The van der Waals surface area contributed by atoms with Crippen LogP contribution in [-0.4, -0.2) is 120 Å². The Kier molecular flexibility index (Phi) is 6.97. The predicted molar refractivity (Wildman–Crippen MR) is 69.9 cm³/mol. The molecule has 1 rings (SSSR count). The van der Waals surface area contributed by atoms with Gasteiger partial charge in [-0.05, 0) is 0 Å². The second kappa shape index (κ2) is 7.90. The molecule has 136 valence electrons. The van der Waals surface area contributed by atoms with Gasteiger partial charge in [-0.15, -0.1) is 0 Å². The molecule has 0 aliphatic carbocycles. The minimum absolute atomic E-state index is 0.644. The molecule has 0 spiro atoms. The van der Waals surface area contributed by atoms with Crippen LogP contribution in [0.5, 0.6) is 0 Å². The van der Waals surface area contributed by atoms with E-state index in [1.807, 2.05) is 0 Å². The van der Waals surface area contributed by atoms with Crippen LogP contribution in [0, 0.1) is 0 Å². The van der Waals surface area contributed by atoms with Crippen LogP contribution in [0.1, 0.15) is 0 Å². The van der Waals surface area contributed by atoms with Gasteiger partial charge in [-0.2, -0.15) is 0 Å². The first-order valence-corrected chi connectivity index (χ1v) is 6.80. The number of Topliss-reactive ketones (excluding diaryl/α,β-unsaturated/α-hetero) is 1. The molecule has 1 aliphatic rings. The normalized spacial score (nSPS) is 37.0. The molecule has 1 fully saturated rings. The largest absolute Gasteiger partial charge is 0.394 e.